The van der Waals surface area contributed by atoms with Crippen LogP contribution in [0.5, 0.6) is 0 Å². The van der Waals surface area contributed by atoms with Crippen LogP contribution < -0.4 is 16.4 Å². The number of ether oxygens (including phenoxy) is 1. The fraction of sp³-hybridized carbons (Fsp3) is 0.562. The molecule has 7 N–H and O–H groups in total. The van der Waals surface area contributed by atoms with Gasteiger partial charge in [0.1, 0.15) is 24.6 Å². The molecule has 0 aromatic carbocycles. The number of anilines is 1. The third-order valence-corrected chi connectivity index (χ3v) is 4.64. The van der Waals surface area contributed by atoms with Crippen LogP contribution in [0.4, 0.5) is 10.6 Å². The maximum absolute atomic E-state index is 12.1. The molecule has 0 radical (unpaired) electrons. The summed E-state index contributed by atoms with van der Waals surface area (Å²) in [5.41, 5.74) is 6.07. The number of nitrogens with two attached hydrogens (primary N) is 1. The number of imide groups is 1. The van der Waals surface area contributed by atoms with Crippen molar-refractivity contribution < 1.29 is 29.6 Å². The predicted molar refractivity (Wildman–Crippen MR) is 98.3 cm³/mol. The zero-order valence-corrected chi connectivity index (χ0v) is 15.8. The highest BCUT2D eigenvalue weighted by atomic mass is 16.6. The molecule has 29 heavy (non-hydrogen) atoms. The van der Waals surface area contributed by atoms with Gasteiger partial charge in [-0.1, -0.05) is 13.8 Å². The quantitative estimate of drug-likeness (QED) is 0.323. The first-order valence-corrected chi connectivity index (χ1v) is 8.92. The number of hydrogen-bond acceptors (Lipinski definition) is 10. The van der Waals surface area contributed by atoms with E-state index in [1.54, 1.807) is 13.8 Å². The molecule has 2 aromatic heterocycles. The molecule has 13 nitrogen and oxygen atoms in total. The normalized spacial score (nSPS) is 25.3. The number of aromatic nitrogens is 4. The SMILES string of the molecule is CC(C)C(N)C(=O)NC(=O)Nc1ncnc2c1ncn2[C@@H]1O[C@H](CO)[C@@H](O)[C@H]1O. The van der Waals surface area contributed by atoms with Crippen LogP contribution in [0.2, 0.25) is 0 Å². The van der Waals surface area contributed by atoms with Crippen molar-refractivity contribution in [1.82, 2.24) is 24.8 Å². The summed E-state index contributed by atoms with van der Waals surface area (Å²) in [5.74, 6) is -0.774. The monoisotopic (exact) mass is 409 g/mol. The minimum absolute atomic E-state index is 0.0175. The van der Waals surface area contributed by atoms with Gasteiger partial charge in [0.15, 0.2) is 23.2 Å². The molecule has 0 spiro atoms. The molecule has 1 aliphatic rings. The maximum Gasteiger partial charge on any atom is 0.327 e. The molecule has 3 heterocycles. The third kappa shape index (κ3) is 4.04. The average molecular weight is 409 g/mol. The number of carbonyl (C=O) groups is 2. The first kappa shape index (κ1) is 21.0. The summed E-state index contributed by atoms with van der Waals surface area (Å²) >= 11 is 0. The topological polar surface area (TPSA) is 198 Å². The van der Waals surface area contributed by atoms with Gasteiger partial charge in [-0.2, -0.15) is 0 Å². The van der Waals surface area contributed by atoms with E-state index >= 15 is 0 Å². The summed E-state index contributed by atoms with van der Waals surface area (Å²) in [6.45, 7) is 3.02. The first-order chi connectivity index (χ1) is 13.7. The van der Waals surface area contributed by atoms with E-state index in [4.69, 9.17) is 10.5 Å². The van der Waals surface area contributed by atoms with Gasteiger partial charge in [-0.3, -0.25) is 20.0 Å². The molecule has 2 aromatic rings. The number of urea groups is 1. The lowest BCUT2D eigenvalue weighted by Crippen LogP contribution is -2.47. The Hall–Kier alpha value is -2.71. The second-order valence-electron chi connectivity index (χ2n) is 6.99. The van der Waals surface area contributed by atoms with E-state index in [0.29, 0.717) is 0 Å². The van der Waals surface area contributed by atoms with Crippen LogP contribution in [0.1, 0.15) is 20.1 Å². The summed E-state index contributed by atoms with van der Waals surface area (Å²) in [7, 11) is 0. The van der Waals surface area contributed by atoms with Crippen LogP contribution in [0.3, 0.4) is 0 Å². The average Bonchev–Trinajstić information content (AvgIpc) is 3.23. The van der Waals surface area contributed by atoms with Gasteiger partial charge in [0.05, 0.1) is 19.0 Å². The molecule has 1 saturated heterocycles. The molecule has 0 bridgehead atoms. The van der Waals surface area contributed by atoms with Gasteiger partial charge in [-0.05, 0) is 5.92 Å². The van der Waals surface area contributed by atoms with Gasteiger partial charge in [-0.15, -0.1) is 0 Å². The fourth-order valence-corrected chi connectivity index (χ4v) is 2.88. The lowest BCUT2D eigenvalue weighted by atomic mass is 10.1. The molecule has 1 unspecified atom stereocenters. The lowest BCUT2D eigenvalue weighted by Gasteiger charge is -2.16. The third-order valence-electron chi connectivity index (χ3n) is 4.64. The number of imidazole rings is 1. The van der Waals surface area contributed by atoms with Gasteiger partial charge in [0.2, 0.25) is 5.91 Å². The number of hydrogen-bond donors (Lipinski definition) is 6. The molecular weight excluding hydrogens is 386 g/mol. The molecule has 5 atom stereocenters. The van der Waals surface area contributed by atoms with Crippen LogP contribution in [-0.2, 0) is 9.53 Å². The molecule has 1 fully saturated rings. The highest BCUT2D eigenvalue weighted by Crippen LogP contribution is 2.32. The smallest absolute Gasteiger partial charge is 0.327 e. The van der Waals surface area contributed by atoms with E-state index in [9.17, 15) is 24.9 Å². The largest absolute Gasteiger partial charge is 0.394 e. The molecule has 3 amide bonds. The molecular formula is C16H23N7O6. The van der Waals surface area contributed by atoms with Crippen molar-refractivity contribution in [2.24, 2.45) is 11.7 Å². The lowest BCUT2D eigenvalue weighted by molar-refractivity contribution is -0.122. The molecule has 0 saturated carbocycles. The Balaban J connectivity index is 1.80. The van der Waals surface area contributed by atoms with Gasteiger partial charge < -0.3 is 25.8 Å². The minimum atomic E-state index is -1.32. The number of nitrogens with one attached hydrogen (secondary N) is 2. The zero-order valence-electron chi connectivity index (χ0n) is 15.8. The van der Waals surface area contributed by atoms with Crippen LogP contribution in [0, 0.1) is 5.92 Å². The maximum atomic E-state index is 12.1. The Kier molecular flexibility index (Phi) is 6.04. The van der Waals surface area contributed by atoms with Crippen molar-refractivity contribution in [3.8, 4) is 0 Å². The van der Waals surface area contributed by atoms with Gasteiger partial charge in [0.25, 0.3) is 0 Å². The number of carbonyl (C=O) groups excluding carboxylic acids is 2. The van der Waals surface area contributed by atoms with Crippen LogP contribution >= 0.6 is 0 Å². The van der Waals surface area contributed by atoms with Crippen LogP contribution in [0.25, 0.3) is 11.2 Å². The summed E-state index contributed by atoms with van der Waals surface area (Å²) in [6, 6.07) is -1.69. The number of amides is 3. The fourth-order valence-electron chi connectivity index (χ4n) is 2.88. The van der Waals surface area contributed by atoms with E-state index in [1.807, 2.05) is 0 Å². The van der Waals surface area contributed by atoms with E-state index in [0.717, 1.165) is 6.33 Å². The van der Waals surface area contributed by atoms with E-state index in [2.05, 4.69) is 25.6 Å². The first-order valence-electron chi connectivity index (χ1n) is 8.92. The highest BCUT2D eigenvalue weighted by molar-refractivity contribution is 6.04. The standard InChI is InChI=1S/C16H23N7O6/c1-6(2)8(17)14(27)22-16(28)21-12-9-13(19-4-18-12)23(5-20-9)15-11(26)10(25)7(3-24)29-15/h4-8,10-11,15,24-26H,3,17H2,1-2H3,(H2,18,19,21,22,27,28)/t7-,8?,10-,11-,15-/m1/s1. The van der Waals surface area contributed by atoms with Gasteiger partial charge in [-0.25, -0.2) is 19.7 Å². The van der Waals surface area contributed by atoms with E-state index in [-0.39, 0.29) is 22.9 Å². The van der Waals surface area contributed by atoms with E-state index < -0.39 is 49.1 Å². The Labute approximate surface area is 164 Å². The second kappa shape index (κ2) is 8.34. The zero-order chi connectivity index (χ0) is 21.3. The van der Waals surface area contributed by atoms with Gasteiger partial charge in [0, 0.05) is 0 Å². The molecule has 13 heteroatoms. The number of fused-ring (bicyclic) bond motifs is 1. The highest BCUT2D eigenvalue weighted by Gasteiger charge is 2.44. The van der Waals surface area contributed by atoms with Crippen molar-refractivity contribution >= 4 is 28.9 Å². The number of aliphatic hydroxyl groups is 3. The molecule has 158 valence electrons. The Bertz CT molecular complexity index is 903. The number of rotatable bonds is 5. The number of aliphatic hydroxyl groups excluding tert-OH is 3. The summed E-state index contributed by atoms with van der Waals surface area (Å²) < 4.78 is 6.81. The minimum Gasteiger partial charge on any atom is -0.394 e. The second-order valence-corrected chi connectivity index (χ2v) is 6.99. The Morgan fingerprint density at radius 3 is 2.62 bits per heavy atom. The molecule has 1 aliphatic heterocycles. The van der Waals surface area contributed by atoms with Crippen LogP contribution in [0.15, 0.2) is 12.7 Å². The molecule has 0 aliphatic carbocycles. The van der Waals surface area contributed by atoms with Crippen molar-refractivity contribution in [2.45, 2.75) is 44.4 Å². The Morgan fingerprint density at radius 2 is 2.00 bits per heavy atom. The summed E-state index contributed by atoms with van der Waals surface area (Å²) in [4.78, 5) is 36.2. The number of nitrogens with zero attached hydrogens (tertiary/aromatic N) is 4. The van der Waals surface area contributed by atoms with Crippen LogP contribution in [-0.4, -0.2) is 77.7 Å². The van der Waals surface area contributed by atoms with Crippen molar-refractivity contribution in [3.63, 3.8) is 0 Å². The summed E-state index contributed by atoms with van der Waals surface area (Å²) in [5, 5.41) is 33.9. The summed E-state index contributed by atoms with van der Waals surface area (Å²) in [6.07, 6.45) is -2.18. The van der Waals surface area contributed by atoms with Crippen molar-refractivity contribution in [1.29, 1.82) is 0 Å². The van der Waals surface area contributed by atoms with E-state index in [1.165, 1.54) is 10.9 Å². The predicted octanol–water partition coefficient (Wildman–Crippen LogP) is -1.93. The molecule has 3 rings (SSSR count). The Morgan fingerprint density at radius 1 is 1.28 bits per heavy atom. The van der Waals surface area contributed by atoms with Gasteiger partial charge >= 0.3 is 6.03 Å². The van der Waals surface area contributed by atoms with Crippen molar-refractivity contribution in [2.75, 3.05) is 11.9 Å². The van der Waals surface area contributed by atoms with Crippen molar-refractivity contribution in [3.05, 3.63) is 12.7 Å².